The number of carbonyl (C=O) groups is 1. The second-order valence-corrected chi connectivity index (χ2v) is 4.99. The molecule has 0 amide bonds. The summed E-state index contributed by atoms with van der Waals surface area (Å²) in [6.45, 7) is 4.64. The van der Waals surface area contributed by atoms with Crippen LogP contribution in [0.25, 0.3) is 0 Å². The highest BCUT2D eigenvalue weighted by Crippen LogP contribution is 2.28. The van der Waals surface area contributed by atoms with Gasteiger partial charge in [0.15, 0.2) is 0 Å². The number of aromatic nitrogens is 1. The zero-order valence-electron chi connectivity index (χ0n) is 12.2. The highest BCUT2D eigenvalue weighted by Gasteiger charge is 2.10. The van der Waals surface area contributed by atoms with Gasteiger partial charge in [0.1, 0.15) is 18.1 Å². The summed E-state index contributed by atoms with van der Waals surface area (Å²) in [7, 11) is 0. The number of carboxylic acid groups (broad SMARTS) is 1. The maximum atomic E-state index is 10.9. The van der Waals surface area contributed by atoms with Crippen molar-refractivity contribution < 1.29 is 14.6 Å². The van der Waals surface area contributed by atoms with Gasteiger partial charge >= 0.3 is 5.97 Å². The van der Waals surface area contributed by atoms with Gasteiger partial charge in [-0.2, -0.15) is 0 Å². The maximum absolute atomic E-state index is 10.9. The molecule has 0 aliphatic rings. The van der Waals surface area contributed by atoms with Crippen molar-refractivity contribution in [1.29, 1.82) is 0 Å². The summed E-state index contributed by atoms with van der Waals surface area (Å²) < 4.78 is 5.86. The Bertz CT molecular complexity index is 625. The highest BCUT2D eigenvalue weighted by atomic mass is 16.5. The zero-order valence-corrected chi connectivity index (χ0v) is 12.2. The lowest BCUT2D eigenvalue weighted by Gasteiger charge is -2.15. The number of rotatable bonds is 6. The molecule has 4 nitrogen and oxygen atoms in total. The van der Waals surface area contributed by atoms with Crippen molar-refractivity contribution in [3.05, 3.63) is 59.4 Å². The molecule has 0 aliphatic heterocycles. The summed E-state index contributed by atoms with van der Waals surface area (Å²) in [4.78, 5) is 14.7. The summed E-state index contributed by atoms with van der Waals surface area (Å²) in [6.07, 6.45) is 2.53. The first-order chi connectivity index (χ1) is 10.1. The fraction of sp³-hybridized carbons (Fsp3) is 0.294. The van der Waals surface area contributed by atoms with E-state index in [2.05, 4.69) is 24.9 Å². The molecule has 1 atom stereocenters. The van der Waals surface area contributed by atoms with Gasteiger partial charge in [-0.05, 0) is 41.7 Å². The van der Waals surface area contributed by atoms with Crippen molar-refractivity contribution >= 4 is 5.97 Å². The minimum Gasteiger partial charge on any atom is -0.489 e. The number of nitrogens with zero attached hydrogens (tertiary/aromatic N) is 1. The predicted octanol–water partition coefficient (Wildman–Crippen LogP) is 3.87. The first-order valence-electron chi connectivity index (χ1n) is 7.01. The average Bonchev–Trinajstić information content (AvgIpc) is 2.52. The molecule has 0 saturated carbocycles. The SMILES string of the molecule is CCC(C)c1ccccc1OCc1ccnc(C(=O)O)c1. The van der Waals surface area contributed by atoms with Crippen LogP contribution >= 0.6 is 0 Å². The molecule has 0 saturated heterocycles. The van der Waals surface area contributed by atoms with E-state index in [-0.39, 0.29) is 5.69 Å². The number of hydrogen-bond donors (Lipinski definition) is 1. The average molecular weight is 285 g/mol. The molecule has 0 aliphatic carbocycles. The minimum absolute atomic E-state index is 0.0336. The third-order valence-electron chi connectivity index (χ3n) is 3.50. The molecule has 1 unspecified atom stereocenters. The minimum atomic E-state index is -1.03. The predicted molar refractivity (Wildman–Crippen MR) is 80.7 cm³/mol. The summed E-state index contributed by atoms with van der Waals surface area (Å²) >= 11 is 0. The Morgan fingerprint density at radius 1 is 1.33 bits per heavy atom. The first-order valence-corrected chi connectivity index (χ1v) is 7.01. The van der Waals surface area contributed by atoms with Crippen molar-refractivity contribution in [2.45, 2.75) is 32.8 Å². The Morgan fingerprint density at radius 3 is 2.81 bits per heavy atom. The number of hydrogen-bond acceptors (Lipinski definition) is 3. The lowest BCUT2D eigenvalue weighted by atomic mass is 9.98. The Balaban J connectivity index is 2.13. The van der Waals surface area contributed by atoms with Crippen molar-refractivity contribution in [1.82, 2.24) is 4.98 Å². The Hall–Kier alpha value is -2.36. The smallest absolute Gasteiger partial charge is 0.354 e. The van der Waals surface area contributed by atoms with Gasteiger partial charge in [-0.1, -0.05) is 32.0 Å². The molecule has 4 heteroatoms. The fourth-order valence-electron chi connectivity index (χ4n) is 2.08. The lowest BCUT2D eigenvalue weighted by Crippen LogP contribution is -2.04. The molecule has 2 aromatic rings. The van der Waals surface area contributed by atoms with E-state index in [9.17, 15) is 4.79 Å². The van der Waals surface area contributed by atoms with Crippen molar-refractivity contribution in [2.75, 3.05) is 0 Å². The van der Waals surface area contributed by atoms with Gasteiger partial charge in [-0.3, -0.25) is 0 Å². The standard InChI is InChI=1S/C17H19NO3/c1-3-12(2)14-6-4-5-7-16(14)21-11-13-8-9-18-15(10-13)17(19)20/h4-10,12H,3,11H2,1-2H3,(H,19,20). The first kappa shape index (κ1) is 15.0. The van der Waals surface area contributed by atoms with E-state index < -0.39 is 5.97 Å². The molecule has 2 rings (SSSR count). The normalized spacial score (nSPS) is 11.9. The second kappa shape index (κ2) is 6.88. The van der Waals surface area contributed by atoms with Crippen LogP contribution in [0.15, 0.2) is 42.6 Å². The van der Waals surface area contributed by atoms with Gasteiger partial charge in [-0.15, -0.1) is 0 Å². The van der Waals surface area contributed by atoms with Gasteiger partial charge in [0.05, 0.1) is 0 Å². The molecule has 1 N–H and O–H groups in total. The van der Waals surface area contributed by atoms with Crippen molar-refractivity contribution in [2.24, 2.45) is 0 Å². The number of carboxylic acids is 1. The van der Waals surface area contributed by atoms with E-state index in [0.717, 1.165) is 17.7 Å². The molecule has 1 aromatic carbocycles. The van der Waals surface area contributed by atoms with Crippen LogP contribution in [0.3, 0.4) is 0 Å². The number of benzene rings is 1. The number of ether oxygens (including phenoxy) is 1. The molecule has 0 radical (unpaired) electrons. The summed E-state index contributed by atoms with van der Waals surface area (Å²) in [5.41, 5.74) is 2.00. The van der Waals surface area contributed by atoms with Crippen LogP contribution in [-0.2, 0) is 6.61 Å². The van der Waals surface area contributed by atoms with E-state index in [1.165, 1.54) is 17.8 Å². The van der Waals surface area contributed by atoms with E-state index in [1.54, 1.807) is 6.07 Å². The van der Waals surface area contributed by atoms with Gasteiger partial charge in [0.25, 0.3) is 0 Å². The summed E-state index contributed by atoms with van der Waals surface area (Å²) in [5.74, 6) is 0.241. The molecule has 0 spiro atoms. The lowest BCUT2D eigenvalue weighted by molar-refractivity contribution is 0.0690. The topological polar surface area (TPSA) is 59.4 Å². The fourth-order valence-corrected chi connectivity index (χ4v) is 2.08. The third kappa shape index (κ3) is 3.81. The van der Waals surface area contributed by atoms with Crippen molar-refractivity contribution in [3.63, 3.8) is 0 Å². The summed E-state index contributed by atoms with van der Waals surface area (Å²) in [5, 5.41) is 8.94. The van der Waals surface area contributed by atoms with Crippen LogP contribution < -0.4 is 4.74 Å². The van der Waals surface area contributed by atoms with Crippen LogP contribution in [0.1, 0.15) is 47.8 Å². The van der Waals surface area contributed by atoms with Crippen LogP contribution in [0.5, 0.6) is 5.75 Å². The largest absolute Gasteiger partial charge is 0.489 e. The van der Waals surface area contributed by atoms with Gasteiger partial charge in [-0.25, -0.2) is 9.78 Å². The summed E-state index contributed by atoms with van der Waals surface area (Å²) in [6, 6.07) is 11.3. The van der Waals surface area contributed by atoms with E-state index in [4.69, 9.17) is 9.84 Å². The molecule has 21 heavy (non-hydrogen) atoms. The number of aromatic carboxylic acids is 1. The maximum Gasteiger partial charge on any atom is 0.354 e. The Labute approximate surface area is 124 Å². The third-order valence-corrected chi connectivity index (χ3v) is 3.50. The molecular weight excluding hydrogens is 266 g/mol. The van der Waals surface area contributed by atoms with Crippen LogP contribution in [-0.4, -0.2) is 16.1 Å². The Morgan fingerprint density at radius 2 is 2.10 bits per heavy atom. The van der Waals surface area contributed by atoms with E-state index in [0.29, 0.717) is 12.5 Å². The number of pyridine rings is 1. The molecular formula is C17H19NO3. The van der Waals surface area contributed by atoms with Gasteiger partial charge in [0.2, 0.25) is 0 Å². The molecule has 1 heterocycles. The van der Waals surface area contributed by atoms with Gasteiger partial charge < -0.3 is 9.84 Å². The highest BCUT2D eigenvalue weighted by molar-refractivity contribution is 5.85. The van der Waals surface area contributed by atoms with E-state index in [1.807, 2.05) is 18.2 Å². The van der Waals surface area contributed by atoms with Gasteiger partial charge in [0, 0.05) is 6.20 Å². The number of para-hydroxylation sites is 1. The van der Waals surface area contributed by atoms with Crippen LogP contribution in [0.4, 0.5) is 0 Å². The van der Waals surface area contributed by atoms with Crippen LogP contribution in [0.2, 0.25) is 0 Å². The van der Waals surface area contributed by atoms with E-state index >= 15 is 0 Å². The van der Waals surface area contributed by atoms with Crippen molar-refractivity contribution in [3.8, 4) is 5.75 Å². The quantitative estimate of drug-likeness (QED) is 0.875. The Kier molecular flexibility index (Phi) is 4.93. The molecule has 110 valence electrons. The molecule has 1 aromatic heterocycles. The second-order valence-electron chi connectivity index (χ2n) is 4.99. The monoisotopic (exact) mass is 285 g/mol. The zero-order chi connectivity index (χ0) is 15.2. The molecule has 0 bridgehead atoms. The van der Waals surface area contributed by atoms with Crippen LogP contribution in [0, 0.1) is 0 Å². The molecule has 0 fully saturated rings.